The van der Waals surface area contributed by atoms with E-state index in [4.69, 9.17) is 16.3 Å². The summed E-state index contributed by atoms with van der Waals surface area (Å²) in [6.07, 6.45) is 5.44. The highest BCUT2D eigenvalue weighted by Crippen LogP contribution is 2.25. The number of aromatic nitrogens is 2. The fourth-order valence-electron chi connectivity index (χ4n) is 1.43. The predicted molar refractivity (Wildman–Crippen MR) is 65.0 cm³/mol. The number of hydrogen-bond donors (Lipinski definition) is 0. The molecule has 4 heteroatoms. The second kappa shape index (κ2) is 5.12. The summed E-state index contributed by atoms with van der Waals surface area (Å²) in [5.41, 5.74) is 0.665. The maximum Gasteiger partial charge on any atom is 0.162 e. The van der Waals surface area contributed by atoms with Crippen LogP contribution in [0, 0.1) is 0 Å². The summed E-state index contributed by atoms with van der Waals surface area (Å²) in [5.74, 6) is 0.799. The highest BCUT2D eigenvalue weighted by molar-refractivity contribution is 6.31. The molecule has 2 heterocycles. The molecule has 0 radical (unpaired) electrons. The van der Waals surface area contributed by atoms with Crippen LogP contribution in [0.5, 0.6) is 5.75 Å². The van der Waals surface area contributed by atoms with Gasteiger partial charge in [-0.25, -0.2) is 9.97 Å². The SMILES string of the molecule is CCCCOc1ccnc2ncc(Cl)cc12. The van der Waals surface area contributed by atoms with Gasteiger partial charge in [0.15, 0.2) is 5.65 Å². The largest absolute Gasteiger partial charge is 0.493 e. The molecule has 3 nitrogen and oxygen atoms in total. The quantitative estimate of drug-likeness (QED) is 0.763. The Kier molecular flexibility index (Phi) is 3.57. The Morgan fingerprint density at radius 2 is 2.25 bits per heavy atom. The van der Waals surface area contributed by atoms with Crippen molar-refractivity contribution in [2.45, 2.75) is 19.8 Å². The van der Waals surface area contributed by atoms with E-state index in [1.807, 2.05) is 12.1 Å². The normalized spacial score (nSPS) is 10.6. The van der Waals surface area contributed by atoms with E-state index < -0.39 is 0 Å². The molecule has 0 bridgehead atoms. The topological polar surface area (TPSA) is 35.0 Å². The molecule has 0 fully saturated rings. The summed E-state index contributed by atoms with van der Waals surface area (Å²) < 4.78 is 5.68. The Balaban J connectivity index is 2.32. The van der Waals surface area contributed by atoms with Gasteiger partial charge in [0, 0.05) is 12.4 Å². The molecule has 0 aliphatic carbocycles. The van der Waals surface area contributed by atoms with Gasteiger partial charge in [-0.05, 0) is 18.6 Å². The first kappa shape index (κ1) is 11.1. The van der Waals surface area contributed by atoms with Crippen LogP contribution in [0.3, 0.4) is 0 Å². The molecule has 0 aliphatic rings. The molecule has 84 valence electrons. The van der Waals surface area contributed by atoms with E-state index in [1.54, 1.807) is 12.4 Å². The van der Waals surface area contributed by atoms with Gasteiger partial charge >= 0.3 is 0 Å². The molecule has 0 spiro atoms. The second-order valence-electron chi connectivity index (χ2n) is 3.54. The Morgan fingerprint density at radius 3 is 3.06 bits per heavy atom. The van der Waals surface area contributed by atoms with Gasteiger partial charge in [0.1, 0.15) is 5.75 Å². The lowest BCUT2D eigenvalue weighted by atomic mass is 10.2. The summed E-state index contributed by atoms with van der Waals surface area (Å²) in [6, 6.07) is 3.67. The van der Waals surface area contributed by atoms with E-state index in [0.717, 1.165) is 24.0 Å². The molecule has 2 aromatic rings. The standard InChI is InChI=1S/C12H13ClN2O/c1-2-3-6-16-11-4-5-14-12-10(11)7-9(13)8-15-12/h4-5,7-8H,2-3,6H2,1H3. The zero-order valence-electron chi connectivity index (χ0n) is 9.11. The molecule has 2 rings (SSSR count). The van der Waals surface area contributed by atoms with Crippen molar-refractivity contribution in [2.24, 2.45) is 0 Å². The first-order chi connectivity index (χ1) is 7.81. The molecule has 0 saturated carbocycles. The Hall–Kier alpha value is -1.35. The molecule has 0 aromatic carbocycles. The molecule has 0 N–H and O–H groups in total. The number of hydrogen-bond acceptors (Lipinski definition) is 3. The van der Waals surface area contributed by atoms with E-state index in [9.17, 15) is 0 Å². The lowest BCUT2D eigenvalue weighted by Gasteiger charge is -2.07. The number of unbranched alkanes of at least 4 members (excludes halogenated alkanes) is 1. The van der Waals surface area contributed by atoms with Crippen LogP contribution in [0.4, 0.5) is 0 Å². The summed E-state index contributed by atoms with van der Waals surface area (Å²) in [6.45, 7) is 2.84. The highest BCUT2D eigenvalue weighted by atomic mass is 35.5. The summed E-state index contributed by atoms with van der Waals surface area (Å²) in [4.78, 5) is 8.31. The third kappa shape index (κ3) is 2.42. The van der Waals surface area contributed by atoms with Crippen LogP contribution in [-0.2, 0) is 0 Å². The molecule has 0 atom stereocenters. The lowest BCUT2D eigenvalue weighted by molar-refractivity contribution is 0.312. The van der Waals surface area contributed by atoms with Crippen molar-refractivity contribution in [3.05, 3.63) is 29.5 Å². The van der Waals surface area contributed by atoms with E-state index in [1.165, 1.54) is 0 Å². The molecular formula is C12H13ClN2O. The van der Waals surface area contributed by atoms with E-state index in [2.05, 4.69) is 16.9 Å². The average Bonchev–Trinajstić information content (AvgIpc) is 2.30. The van der Waals surface area contributed by atoms with E-state index >= 15 is 0 Å². The van der Waals surface area contributed by atoms with E-state index in [0.29, 0.717) is 17.3 Å². The smallest absolute Gasteiger partial charge is 0.162 e. The van der Waals surface area contributed by atoms with Gasteiger partial charge in [-0.1, -0.05) is 24.9 Å². The van der Waals surface area contributed by atoms with Crippen molar-refractivity contribution >= 4 is 22.6 Å². The maximum atomic E-state index is 5.91. The Labute approximate surface area is 99.4 Å². The lowest BCUT2D eigenvalue weighted by Crippen LogP contribution is -1.98. The summed E-state index contributed by atoms with van der Waals surface area (Å²) >= 11 is 5.91. The number of pyridine rings is 2. The summed E-state index contributed by atoms with van der Waals surface area (Å²) in [7, 11) is 0. The fourth-order valence-corrected chi connectivity index (χ4v) is 1.59. The van der Waals surface area contributed by atoms with Crippen molar-refractivity contribution in [2.75, 3.05) is 6.61 Å². The maximum absolute atomic E-state index is 5.91. The minimum Gasteiger partial charge on any atom is -0.493 e. The fraction of sp³-hybridized carbons (Fsp3) is 0.333. The van der Waals surface area contributed by atoms with Crippen LogP contribution in [0.25, 0.3) is 11.0 Å². The van der Waals surface area contributed by atoms with Gasteiger partial charge < -0.3 is 4.74 Å². The van der Waals surface area contributed by atoms with E-state index in [-0.39, 0.29) is 0 Å². The van der Waals surface area contributed by atoms with Crippen LogP contribution >= 0.6 is 11.6 Å². The number of halogens is 1. The minimum absolute atomic E-state index is 0.598. The van der Waals surface area contributed by atoms with Crippen LogP contribution in [0.2, 0.25) is 5.02 Å². The molecular weight excluding hydrogens is 224 g/mol. The van der Waals surface area contributed by atoms with Crippen molar-refractivity contribution < 1.29 is 4.74 Å². The molecule has 2 aromatic heterocycles. The van der Waals surface area contributed by atoms with Gasteiger partial charge in [0.05, 0.1) is 17.0 Å². The number of fused-ring (bicyclic) bond motifs is 1. The van der Waals surface area contributed by atoms with Crippen molar-refractivity contribution in [3.63, 3.8) is 0 Å². The first-order valence-electron chi connectivity index (χ1n) is 5.34. The third-order valence-corrected chi connectivity index (χ3v) is 2.48. The van der Waals surface area contributed by atoms with Crippen molar-refractivity contribution in [1.82, 2.24) is 9.97 Å². The monoisotopic (exact) mass is 236 g/mol. The average molecular weight is 237 g/mol. The number of ether oxygens (including phenoxy) is 1. The summed E-state index contributed by atoms with van der Waals surface area (Å²) in [5, 5.41) is 1.46. The molecule has 0 amide bonds. The van der Waals surface area contributed by atoms with Gasteiger partial charge in [0.25, 0.3) is 0 Å². The van der Waals surface area contributed by atoms with Crippen LogP contribution in [0.15, 0.2) is 24.5 Å². The van der Waals surface area contributed by atoms with Crippen LogP contribution in [-0.4, -0.2) is 16.6 Å². The van der Waals surface area contributed by atoms with Gasteiger partial charge in [-0.2, -0.15) is 0 Å². The van der Waals surface area contributed by atoms with Crippen molar-refractivity contribution in [3.8, 4) is 5.75 Å². The van der Waals surface area contributed by atoms with Gasteiger partial charge in [-0.3, -0.25) is 0 Å². The number of nitrogens with zero attached hydrogens (tertiary/aromatic N) is 2. The zero-order chi connectivity index (χ0) is 11.4. The Bertz CT molecular complexity index is 487. The minimum atomic E-state index is 0.598. The van der Waals surface area contributed by atoms with Gasteiger partial charge in [0.2, 0.25) is 0 Å². The Morgan fingerprint density at radius 1 is 1.38 bits per heavy atom. The predicted octanol–water partition coefficient (Wildman–Crippen LogP) is 3.46. The molecule has 0 unspecified atom stereocenters. The third-order valence-electron chi connectivity index (χ3n) is 2.28. The number of rotatable bonds is 4. The van der Waals surface area contributed by atoms with Crippen molar-refractivity contribution in [1.29, 1.82) is 0 Å². The van der Waals surface area contributed by atoms with Gasteiger partial charge in [-0.15, -0.1) is 0 Å². The second-order valence-corrected chi connectivity index (χ2v) is 3.97. The zero-order valence-corrected chi connectivity index (χ0v) is 9.87. The molecule has 0 aliphatic heterocycles. The van der Waals surface area contributed by atoms with Crippen LogP contribution < -0.4 is 4.74 Å². The highest BCUT2D eigenvalue weighted by Gasteiger charge is 2.04. The first-order valence-corrected chi connectivity index (χ1v) is 5.72. The van der Waals surface area contributed by atoms with Crippen LogP contribution in [0.1, 0.15) is 19.8 Å². The molecule has 0 saturated heterocycles. The molecule has 16 heavy (non-hydrogen) atoms.